The number of rotatable bonds is 3. The lowest BCUT2D eigenvalue weighted by molar-refractivity contribution is 0.104. The number of halogens is 1. The largest absolute Gasteiger partial charge is 0.508 e. The summed E-state index contributed by atoms with van der Waals surface area (Å²) in [5.74, 6) is -0.389. The van der Waals surface area contributed by atoms with E-state index < -0.39 is 0 Å². The SMILES string of the molecule is O=C(/C=C/c1cc(O)ccc1O)c1cc(O)cc(Br)c1. The van der Waals surface area contributed by atoms with Gasteiger partial charge >= 0.3 is 0 Å². The number of allylic oxidation sites excluding steroid dienone is 1. The molecule has 0 fully saturated rings. The lowest BCUT2D eigenvalue weighted by atomic mass is 10.1. The van der Waals surface area contributed by atoms with Crippen molar-refractivity contribution in [3.05, 3.63) is 58.1 Å². The van der Waals surface area contributed by atoms with Gasteiger partial charge in [0.1, 0.15) is 17.2 Å². The van der Waals surface area contributed by atoms with Crippen LogP contribution in [-0.2, 0) is 0 Å². The minimum atomic E-state index is -0.329. The molecule has 0 atom stereocenters. The number of carbonyl (C=O) groups excluding carboxylic acids is 1. The van der Waals surface area contributed by atoms with Crippen molar-refractivity contribution < 1.29 is 20.1 Å². The Bertz CT molecular complexity index is 672. The molecule has 5 heteroatoms. The molecule has 2 rings (SSSR count). The fraction of sp³-hybridized carbons (Fsp3) is 0. The molecule has 0 bridgehead atoms. The average Bonchev–Trinajstić information content (AvgIpc) is 2.38. The van der Waals surface area contributed by atoms with Crippen LogP contribution in [0.1, 0.15) is 15.9 Å². The highest BCUT2D eigenvalue weighted by atomic mass is 79.9. The van der Waals surface area contributed by atoms with E-state index in [1.165, 1.54) is 42.5 Å². The van der Waals surface area contributed by atoms with Crippen LogP contribution in [0.5, 0.6) is 17.2 Å². The van der Waals surface area contributed by atoms with E-state index in [2.05, 4.69) is 15.9 Å². The third-order valence-electron chi connectivity index (χ3n) is 2.59. The molecule has 0 saturated heterocycles. The third-order valence-corrected chi connectivity index (χ3v) is 3.05. The summed E-state index contributed by atoms with van der Waals surface area (Å²) in [4.78, 5) is 12.0. The number of benzene rings is 2. The van der Waals surface area contributed by atoms with Crippen LogP contribution in [0.4, 0.5) is 0 Å². The van der Waals surface area contributed by atoms with Crippen LogP contribution in [0.15, 0.2) is 46.9 Å². The van der Waals surface area contributed by atoms with Crippen molar-refractivity contribution in [2.45, 2.75) is 0 Å². The fourth-order valence-electron chi connectivity index (χ4n) is 1.65. The Morgan fingerprint density at radius 3 is 2.45 bits per heavy atom. The van der Waals surface area contributed by atoms with Crippen LogP contribution in [0, 0.1) is 0 Å². The van der Waals surface area contributed by atoms with E-state index in [1.54, 1.807) is 6.07 Å². The molecule has 0 spiro atoms. The van der Waals surface area contributed by atoms with Crippen LogP contribution in [-0.4, -0.2) is 21.1 Å². The van der Waals surface area contributed by atoms with Gasteiger partial charge in [0.25, 0.3) is 0 Å². The second-order valence-corrected chi connectivity index (χ2v) is 5.05. The Balaban J connectivity index is 2.26. The summed E-state index contributed by atoms with van der Waals surface area (Å²) >= 11 is 3.19. The summed E-state index contributed by atoms with van der Waals surface area (Å²) < 4.78 is 0.592. The second kappa shape index (κ2) is 5.79. The van der Waals surface area contributed by atoms with Gasteiger partial charge in [0.2, 0.25) is 0 Å². The zero-order valence-electron chi connectivity index (χ0n) is 10.2. The van der Waals surface area contributed by atoms with Gasteiger partial charge in [0.05, 0.1) is 0 Å². The summed E-state index contributed by atoms with van der Waals surface area (Å²) in [5, 5.41) is 28.3. The van der Waals surface area contributed by atoms with Gasteiger partial charge < -0.3 is 15.3 Å². The van der Waals surface area contributed by atoms with E-state index in [-0.39, 0.29) is 23.0 Å². The van der Waals surface area contributed by atoms with E-state index in [4.69, 9.17) is 0 Å². The number of aromatic hydroxyl groups is 3. The fourth-order valence-corrected chi connectivity index (χ4v) is 2.13. The van der Waals surface area contributed by atoms with Gasteiger partial charge in [-0.25, -0.2) is 0 Å². The summed E-state index contributed by atoms with van der Waals surface area (Å²) in [6, 6.07) is 8.43. The van der Waals surface area contributed by atoms with Crippen molar-refractivity contribution in [1.29, 1.82) is 0 Å². The highest BCUT2D eigenvalue weighted by molar-refractivity contribution is 9.10. The van der Waals surface area contributed by atoms with E-state index in [0.717, 1.165) is 0 Å². The van der Waals surface area contributed by atoms with Crippen molar-refractivity contribution in [3.63, 3.8) is 0 Å². The average molecular weight is 335 g/mol. The molecule has 0 aliphatic heterocycles. The molecule has 0 unspecified atom stereocenters. The maximum atomic E-state index is 12.0. The molecule has 3 N–H and O–H groups in total. The van der Waals surface area contributed by atoms with Gasteiger partial charge in [0.15, 0.2) is 5.78 Å². The van der Waals surface area contributed by atoms with Gasteiger partial charge in [-0.1, -0.05) is 15.9 Å². The van der Waals surface area contributed by atoms with Gasteiger partial charge in [-0.15, -0.1) is 0 Å². The van der Waals surface area contributed by atoms with E-state index >= 15 is 0 Å². The molecule has 20 heavy (non-hydrogen) atoms. The smallest absolute Gasteiger partial charge is 0.186 e. The summed E-state index contributed by atoms with van der Waals surface area (Å²) in [6.45, 7) is 0. The minimum Gasteiger partial charge on any atom is -0.508 e. The van der Waals surface area contributed by atoms with Crippen molar-refractivity contribution >= 4 is 27.8 Å². The van der Waals surface area contributed by atoms with E-state index in [9.17, 15) is 20.1 Å². The van der Waals surface area contributed by atoms with Crippen molar-refractivity contribution in [3.8, 4) is 17.2 Å². The molecule has 0 aliphatic rings. The number of hydrogen-bond acceptors (Lipinski definition) is 4. The third kappa shape index (κ3) is 3.39. The number of hydrogen-bond donors (Lipinski definition) is 3. The molecular weight excluding hydrogens is 324 g/mol. The van der Waals surface area contributed by atoms with Crippen LogP contribution in [0.3, 0.4) is 0 Å². The maximum absolute atomic E-state index is 12.0. The van der Waals surface area contributed by atoms with Gasteiger partial charge in [-0.3, -0.25) is 4.79 Å². The Labute approximate surface area is 123 Å². The molecule has 2 aromatic rings. The minimum absolute atomic E-state index is 0.00463. The maximum Gasteiger partial charge on any atom is 0.186 e. The summed E-state index contributed by atoms with van der Waals surface area (Å²) in [6.07, 6.45) is 2.66. The monoisotopic (exact) mass is 334 g/mol. The molecule has 102 valence electrons. The first-order valence-corrected chi connectivity index (χ1v) is 6.49. The molecule has 2 aromatic carbocycles. The van der Waals surface area contributed by atoms with Crippen molar-refractivity contribution in [1.82, 2.24) is 0 Å². The molecule has 4 nitrogen and oxygen atoms in total. The number of phenolic OH excluding ortho intramolecular Hbond substituents is 3. The van der Waals surface area contributed by atoms with E-state index in [1.807, 2.05) is 0 Å². The lowest BCUT2D eigenvalue weighted by Crippen LogP contribution is -1.93. The Kier molecular flexibility index (Phi) is 4.10. The first-order valence-electron chi connectivity index (χ1n) is 5.69. The molecule has 0 aromatic heterocycles. The number of carbonyl (C=O) groups is 1. The quantitative estimate of drug-likeness (QED) is 0.456. The zero-order chi connectivity index (χ0) is 14.7. The van der Waals surface area contributed by atoms with Crippen LogP contribution in [0.2, 0.25) is 0 Å². The first kappa shape index (κ1) is 14.1. The topological polar surface area (TPSA) is 77.8 Å². The van der Waals surface area contributed by atoms with Gasteiger partial charge in [0, 0.05) is 15.6 Å². The highest BCUT2D eigenvalue weighted by Gasteiger charge is 2.06. The lowest BCUT2D eigenvalue weighted by Gasteiger charge is -2.01. The van der Waals surface area contributed by atoms with Crippen molar-refractivity contribution in [2.75, 3.05) is 0 Å². The molecule has 0 aliphatic carbocycles. The standard InChI is InChI=1S/C15H11BrO4/c16-11-5-10(7-13(18)8-11)15(20)3-1-9-6-12(17)2-4-14(9)19/h1-8,17-19H/b3-1+. The van der Waals surface area contributed by atoms with Gasteiger partial charge in [-0.05, 0) is 48.6 Å². The predicted molar refractivity (Wildman–Crippen MR) is 78.9 cm³/mol. The Morgan fingerprint density at radius 2 is 1.75 bits per heavy atom. The molecule has 0 radical (unpaired) electrons. The summed E-state index contributed by atoms with van der Waals surface area (Å²) in [5.41, 5.74) is 0.644. The number of phenols is 3. The second-order valence-electron chi connectivity index (χ2n) is 4.14. The van der Waals surface area contributed by atoms with Crippen LogP contribution in [0.25, 0.3) is 6.08 Å². The number of ketones is 1. The molecule has 0 saturated carbocycles. The van der Waals surface area contributed by atoms with Gasteiger partial charge in [-0.2, -0.15) is 0 Å². The summed E-state index contributed by atoms with van der Waals surface area (Å²) in [7, 11) is 0. The molecule has 0 heterocycles. The van der Waals surface area contributed by atoms with Crippen LogP contribution >= 0.6 is 15.9 Å². The molecule has 0 amide bonds. The van der Waals surface area contributed by atoms with Crippen LogP contribution < -0.4 is 0 Å². The highest BCUT2D eigenvalue weighted by Crippen LogP contribution is 2.24. The zero-order valence-corrected chi connectivity index (χ0v) is 11.8. The Hall–Kier alpha value is -2.27. The Morgan fingerprint density at radius 1 is 1.00 bits per heavy atom. The van der Waals surface area contributed by atoms with E-state index in [0.29, 0.717) is 15.6 Å². The predicted octanol–water partition coefficient (Wildman–Crippen LogP) is 3.46. The van der Waals surface area contributed by atoms with Crippen molar-refractivity contribution in [2.24, 2.45) is 0 Å². The normalized spacial score (nSPS) is 10.8. The molecular formula is C15H11BrO4. The first-order chi connectivity index (χ1) is 9.45.